The van der Waals surface area contributed by atoms with Gasteiger partial charge in [0, 0.05) is 18.0 Å². The Morgan fingerprint density at radius 3 is 2.36 bits per heavy atom. The molecule has 1 amide bonds. The standard InChI is InChI=1S/C22H26FN3O5S.ClH/c1-4-22(5-2,21(30)26(3)12-18(27)28)11-14-7-9-17(32-14)20(29)31-13-6-8-15(19(24)25)16(23)10-13;/h6-10H,4-5,11-12H2,1-3H3,(H3,24,25)(H,27,28);1H. The second-order valence-corrected chi connectivity index (χ2v) is 8.60. The lowest BCUT2D eigenvalue weighted by molar-refractivity contribution is -0.149. The summed E-state index contributed by atoms with van der Waals surface area (Å²) in [5.41, 5.74) is 4.40. The summed E-state index contributed by atoms with van der Waals surface area (Å²) in [7, 11) is 1.46. The fourth-order valence-corrected chi connectivity index (χ4v) is 4.44. The fourth-order valence-electron chi connectivity index (χ4n) is 3.41. The number of esters is 1. The number of thiophene rings is 1. The van der Waals surface area contributed by atoms with Crippen LogP contribution in [0.4, 0.5) is 4.39 Å². The first kappa shape index (κ1) is 28.1. The van der Waals surface area contributed by atoms with Gasteiger partial charge in [-0.25, -0.2) is 9.18 Å². The highest BCUT2D eigenvalue weighted by Crippen LogP contribution is 2.35. The van der Waals surface area contributed by atoms with E-state index < -0.39 is 29.0 Å². The number of halogens is 2. The number of hydrogen-bond donors (Lipinski definition) is 3. The zero-order valence-corrected chi connectivity index (χ0v) is 20.1. The smallest absolute Gasteiger partial charge is 0.353 e. The Morgan fingerprint density at radius 2 is 1.85 bits per heavy atom. The van der Waals surface area contributed by atoms with Gasteiger partial charge in [-0.05, 0) is 43.5 Å². The van der Waals surface area contributed by atoms with E-state index in [-0.39, 0.29) is 41.0 Å². The molecule has 0 saturated heterocycles. The van der Waals surface area contributed by atoms with E-state index in [0.717, 1.165) is 22.3 Å². The number of carbonyl (C=O) groups excluding carboxylic acids is 2. The Balaban J connectivity index is 0.00000544. The van der Waals surface area contributed by atoms with Crippen molar-refractivity contribution >= 4 is 47.4 Å². The van der Waals surface area contributed by atoms with E-state index in [9.17, 15) is 18.8 Å². The number of amidine groups is 1. The predicted octanol–water partition coefficient (Wildman–Crippen LogP) is 3.70. The van der Waals surface area contributed by atoms with Crippen LogP contribution in [-0.4, -0.2) is 47.3 Å². The third-order valence-corrected chi connectivity index (χ3v) is 6.41. The lowest BCUT2D eigenvalue weighted by Crippen LogP contribution is -2.44. The van der Waals surface area contributed by atoms with Gasteiger partial charge >= 0.3 is 11.9 Å². The molecule has 1 aromatic heterocycles. The van der Waals surface area contributed by atoms with Crippen molar-refractivity contribution in [3.63, 3.8) is 0 Å². The van der Waals surface area contributed by atoms with Crippen LogP contribution in [0.1, 0.15) is 46.8 Å². The molecule has 180 valence electrons. The normalized spacial score (nSPS) is 10.8. The van der Waals surface area contributed by atoms with Crippen LogP contribution in [0.2, 0.25) is 0 Å². The first-order valence-electron chi connectivity index (χ1n) is 9.95. The van der Waals surface area contributed by atoms with Crippen LogP contribution in [0.15, 0.2) is 30.3 Å². The van der Waals surface area contributed by atoms with Crippen molar-refractivity contribution in [3.05, 3.63) is 51.5 Å². The maximum Gasteiger partial charge on any atom is 0.353 e. The van der Waals surface area contributed by atoms with E-state index in [4.69, 9.17) is 21.0 Å². The van der Waals surface area contributed by atoms with Gasteiger partial charge in [-0.3, -0.25) is 15.0 Å². The topological polar surface area (TPSA) is 134 Å². The van der Waals surface area contributed by atoms with Crippen molar-refractivity contribution in [1.29, 1.82) is 5.41 Å². The van der Waals surface area contributed by atoms with E-state index in [0.29, 0.717) is 19.3 Å². The molecule has 0 aliphatic carbocycles. The third-order valence-electron chi connectivity index (χ3n) is 5.34. The number of nitrogens with zero attached hydrogens (tertiary/aromatic N) is 1. The zero-order valence-electron chi connectivity index (χ0n) is 18.5. The minimum atomic E-state index is -1.09. The molecule has 1 aromatic carbocycles. The number of benzene rings is 1. The van der Waals surface area contributed by atoms with Crippen LogP contribution < -0.4 is 10.5 Å². The molecule has 1 heterocycles. The quantitative estimate of drug-likeness (QED) is 0.197. The lowest BCUT2D eigenvalue weighted by Gasteiger charge is -2.33. The van der Waals surface area contributed by atoms with E-state index in [1.807, 2.05) is 13.8 Å². The first-order chi connectivity index (χ1) is 15.0. The fraction of sp³-hybridized carbons (Fsp3) is 0.364. The summed E-state index contributed by atoms with van der Waals surface area (Å²) in [6.07, 6.45) is 1.36. The molecule has 0 fully saturated rings. The number of hydrogen-bond acceptors (Lipinski definition) is 6. The summed E-state index contributed by atoms with van der Waals surface area (Å²) in [6, 6.07) is 6.90. The van der Waals surface area contributed by atoms with Gasteiger partial charge in [0.05, 0.1) is 11.0 Å². The predicted molar refractivity (Wildman–Crippen MR) is 126 cm³/mol. The summed E-state index contributed by atoms with van der Waals surface area (Å²) < 4.78 is 19.2. The average molecular weight is 500 g/mol. The molecule has 11 heteroatoms. The molecular formula is C22H27ClFN3O5S. The van der Waals surface area contributed by atoms with Crippen molar-refractivity contribution in [2.45, 2.75) is 33.1 Å². The van der Waals surface area contributed by atoms with Crippen LogP contribution in [0.5, 0.6) is 5.75 Å². The highest BCUT2D eigenvalue weighted by molar-refractivity contribution is 7.14. The number of rotatable bonds is 10. The molecule has 0 spiro atoms. The number of nitrogens with one attached hydrogen (secondary N) is 1. The molecule has 0 aliphatic heterocycles. The first-order valence-corrected chi connectivity index (χ1v) is 10.8. The Bertz CT molecular complexity index is 1040. The number of aliphatic carboxylic acids is 1. The van der Waals surface area contributed by atoms with Crippen molar-refractivity contribution < 1.29 is 28.6 Å². The zero-order chi connectivity index (χ0) is 24.1. The maximum atomic E-state index is 14.0. The monoisotopic (exact) mass is 499 g/mol. The molecule has 0 saturated carbocycles. The third kappa shape index (κ3) is 6.75. The van der Waals surface area contributed by atoms with Crippen molar-refractivity contribution in [2.75, 3.05) is 13.6 Å². The van der Waals surface area contributed by atoms with Crippen LogP contribution in [0.3, 0.4) is 0 Å². The second kappa shape index (κ2) is 11.8. The van der Waals surface area contributed by atoms with Crippen molar-refractivity contribution in [2.24, 2.45) is 11.1 Å². The van der Waals surface area contributed by atoms with E-state index in [1.165, 1.54) is 24.1 Å². The van der Waals surface area contributed by atoms with Gasteiger partial charge in [-0.15, -0.1) is 23.7 Å². The summed E-state index contributed by atoms with van der Waals surface area (Å²) in [6.45, 7) is 3.36. The Kier molecular flexibility index (Phi) is 10.00. The number of nitrogen functional groups attached to an aromatic ring is 1. The van der Waals surface area contributed by atoms with E-state index in [1.54, 1.807) is 12.1 Å². The number of likely N-dealkylation sites (N-methyl/N-ethyl adjacent to an activating group) is 1. The molecule has 4 N–H and O–H groups in total. The van der Waals surface area contributed by atoms with Gasteiger partial charge < -0.3 is 20.5 Å². The van der Waals surface area contributed by atoms with Crippen molar-refractivity contribution in [3.8, 4) is 5.75 Å². The summed E-state index contributed by atoms with van der Waals surface area (Å²) >= 11 is 1.16. The number of carbonyl (C=O) groups is 3. The Morgan fingerprint density at radius 1 is 1.21 bits per heavy atom. The number of ether oxygens (including phenoxy) is 1. The molecular weight excluding hydrogens is 473 g/mol. The van der Waals surface area contributed by atoms with Gasteiger partial charge in [0.1, 0.15) is 28.8 Å². The van der Waals surface area contributed by atoms with Crippen LogP contribution in [0.25, 0.3) is 0 Å². The molecule has 0 bridgehead atoms. The van der Waals surface area contributed by atoms with E-state index >= 15 is 0 Å². The van der Waals surface area contributed by atoms with Gasteiger partial charge in [0.25, 0.3) is 0 Å². The minimum absolute atomic E-state index is 0. The van der Waals surface area contributed by atoms with E-state index in [2.05, 4.69) is 0 Å². The number of amides is 1. The Hall–Kier alpha value is -2.98. The average Bonchev–Trinajstić information content (AvgIpc) is 3.19. The van der Waals surface area contributed by atoms with Gasteiger partial charge in [0.2, 0.25) is 5.91 Å². The molecule has 0 aliphatic rings. The number of nitrogens with two attached hydrogens (primary N) is 1. The molecule has 2 aromatic rings. The molecule has 2 rings (SSSR count). The SMILES string of the molecule is CCC(CC)(Cc1ccc(C(=O)Oc2ccc(C(=N)N)c(F)c2)s1)C(=O)N(C)CC(=O)O.Cl. The van der Waals surface area contributed by atoms with Crippen LogP contribution in [0, 0.1) is 16.6 Å². The highest BCUT2D eigenvalue weighted by Gasteiger charge is 2.38. The molecule has 0 unspecified atom stereocenters. The highest BCUT2D eigenvalue weighted by atomic mass is 35.5. The Labute approximate surface area is 201 Å². The second-order valence-electron chi connectivity index (χ2n) is 7.43. The lowest BCUT2D eigenvalue weighted by atomic mass is 9.77. The van der Waals surface area contributed by atoms with Gasteiger partial charge in [-0.2, -0.15) is 0 Å². The van der Waals surface area contributed by atoms with Crippen LogP contribution in [-0.2, 0) is 16.0 Å². The maximum absolute atomic E-state index is 14.0. The number of carboxylic acids is 1. The molecule has 0 radical (unpaired) electrons. The molecule has 8 nitrogen and oxygen atoms in total. The van der Waals surface area contributed by atoms with Gasteiger partial charge in [0.15, 0.2) is 0 Å². The number of carboxylic acid groups (broad SMARTS) is 1. The van der Waals surface area contributed by atoms with Crippen LogP contribution >= 0.6 is 23.7 Å². The largest absolute Gasteiger partial charge is 0.480 e. The van der Waals surface area contributed by atoms with Crippen molar-refractivity contribution in [1.82, 2.24) is 4.90 Å². The summed E-state index contributed by atoms with van der Waals surface area (Å²) in [4.78, 5) is 38.7. The van der Waals surface area contributed by atoms with Gasteiger partial charge in [-0.1, -0.05) is 13.8 Å². The minimum Gasteiger partial charge on any atom is -0.480 e. The summed E-state index contributed by atoms with van der Waals surface area (Å²) in [5, 5.41) is 16.3. The molecule has 0 atom stereocenters. The molecule has 33 heavy (non-hydrogen) atoms. The summed E-state index contributed by atoms with van der Waals surface area (Å²) in [5.74, 6) is -3.24.